The van der Waals surface area contributed by atoms with E-state index in [0.29, 0.717) is 17.1 Å². The van der Waals surface area contributed by atoms with E-state index >= 15 is 0 Å². The predicted octanol–water partition coefficient (Wildman–Crippen LogP) is 2.25. The molecule has 0 aliphatic rings. The van der Waals surface area contributed by atoms with Gasteiger partial charge >= 0.3 is 0 Å². The summed E-state index contributed by atoms with van der Waals surface area (Å²) >= 11 is 0. The smallest absolute Gasteiger partial charge is 0.269 e. The maximum absolute atomic E-state index is 11.9. The topological polar surface area (TPSA) is 94.4 Å². The molecule has 1 heterocycles. The summed E-state index contributed by atoms with van der Waals surface area (Å²) in [6, 6.07) is 8.61. The van der Waals surface area contributed by atoms with Crippen LogP contribution in [0.4, 0.5) is 11.4 Å². The van der Waals surface area contributed by atoms with E-state index in [-0.39, 0.29) is 11.6 Å². The van der Waals surface area contributed by atoms with Crippen LogP contribution in [0.25, 0.3) is 0 Å². The number of ether oxygens (including phenoxy) is 1. The minimum atomic E-state index is -0.519. The number of nitro groups is 1. The van der Waals surface area contributed by atoms with Crippen molar-refractivity contribution in [1.82, 2.24) is 4.98 Å². The van der Waals surface area contributed by atoms with E-state index in [0.717, 1.165) is 0 Å². The number of carbonyl (C=O) groups is 1. The van der Waals surface area contributed by atoms with Crippen LogP contribution in [0.5, 0.6) is 5.88 Å². The molecule has 1 aromatic carbocycles. The molecule has 0 saturated carbocycles. The van der Waals surface area contributed by atoms with Gasteiger partial charge in [-0.25, -0.2) is 4.98 Å². The molecule has 0 atom stereocenters. The number of anilines is 1. The molecule has 1 amide bonds. The Bertz CT molecular complexity index is 623. The Labute approximate surface area is 114 Å². The van der Waals surface area contributed by atoms with E-state index in [4.69, 9.17) is 4.74 Å². The number of benzene rings is 1. The Kier molecular flexibility index (Phi) is 3.90. The number of rotatable bonds is 4. The second-order valence-electron chi connectivity index (χ2n) is 3.85. The van der Waals surface area contributed by atoms with Gasteiger partial charge in [-0.1, -0.05) is 0 Å². The van der Waals surface area contributed by atoms with E-state index in [2.05, 4.69) is 10.3 Å². The van der Waals surface area contributed by atoms with Gasteiger partial charge in [-0.2, -0.15) is 0 Å². The number of pyridine rings is 1. The number of amides is 1. The van der Waals surface area contributed by atoms with Crippen LogP contribution in [0.1, 0.15) is 10.4 Å². The van der Waals surface area contributed by atoms with Crippen molar-refractivity contribution in [3.8, 4) is 5.88 Å². The summed E-state index contributed by atoms with van der Waals surface area (Å²) in [5, 5.41) is 13.1. The third kappa shape index (κ3) is 3.08. The molecule has 0 radical (unpaired) electrons. The van der Waals surface area contributed by atoms with Crippen molar-refractivity contribution < 1.29 is 14.5 Å². The zero-order valence-electron chi connectivity index (χ0n) is 10.6. The number of hydrogen-bond donors (Lipinski definition) is 1. The summed E-state index contributed by atoms with van der Waals surface area (Å²) in [4.78, 5) is 25.9. The molecule has 7 nitrogen and oxygen atoms in total. The SMILES string of the molecule is COc1ccc(NC(=O)c2ccc([N+](=O)[O-])cc2)cn1. The van der Waals surface area contributed by atoms with Gasteiger partial charge in [0.2, 0.25) is 5.88 Å². The lowest BCUT2D eigenvalue weighted by Crippen LogP contribution is -2.12. The number of nitro benzene ring substituents is 1. The van der Waals surface area contributed by atoms with Crippen molar-refractivity contribution in [3.05, 3.63) is 58.3 Å². The predicted molar refractivity (Wildman–Crippen MR) is 71.8 cm³/mol. The highest BCUT2D eigenvalue weighted by Crippen LogP contribution is 2.15. The Morgan fingerprint density at radius 2 is 1.95 bits per heavy atom. The van der Waals surface area contributed by atoms with Gasteiger partial charge in [0.25, 0.3) is 11.6 Å². The fraction of sp³-hybridized carbons (Fsp3) is 0.0769. The Hall–Kier alpha value is -2.96. The first-order valence-corrected chi connectivity index (χ1v) is 5.66. The molecule has 7 heteroatoms. The zero-order valence-corrected chi connectivity index (χ0v) is 10.6. The summed E-state index contributed by atoms with van der Waals surface area (Å²) in [5.74, 6) is 0.0743. The number of methoxy groups -OCH3 is 1. The van der Waals surface area contributed by atoms with Crippen molar-refractivity contribution in [2.45, 2.75) is 0 Å². The Morgan fingerprint density at radius 3 is 2.45 bits per heavy atom. The van der Waals surface area contributed by atoms with Crippen molar-refractivity contribution in [1.29, 1.82) is 0 Å². The molecular weight excluding hydrogens is 262 g/mol. The summed E-state index contributed by atoms with van der Waals surface area (Å²) in [7, 11) is 1.50. The van der Waals surface area contributed by atoms with Crippen LogP contribution in [0.3, 0.4) is 0 Å². The van der Waals surface area contributed by atoms with Crippen LogP contribution in [0, 0.1) is 10.1 Å². The molecule has 2 rings (SSSR count). The lowest BCUT2D eigenvalue weighted by Gasteiger charge is -2.05. The molecule has 0 unspecified atom stereocenters. The number of nitrogens with one attached hydrogen (secondary N) is 1. The number of nitrogens with zero attached hydrogens (tertiary/aromatic N) is 2. The molecule has 0 aliphatic heterocycles. The van der Waals surface area contributed by atoms with Crippen molar-refractivity contribution in [2.75, 3.05) is 12.4 Å². The van der Waals surface area contributed by atoms with Crippen LogP contribution in [-0.2, 0) is 0 Å². The molecule has 102 valence electrons. The number of aromatic nitrogens is 1. The summed E-state index contributed by atoms with van der Waals surface area (Å²) in [6.07, 6.45) is 1.46. The van der Waals surface area contributed by atoms with Crippen molar-refractivity contribution >= 4 is 17.3 Å². The molecule has 0 aliphatic carbocycles. The van der Waals surface area contributed by atoms with Crippen molar-refractivity contribution in [3.63, 3.8) is 0 Å². The van der Waals surface area contributed by atoms with Crippen molar-refractivity contribution in [2.24, 2.45) is 0 Å². The summed E-state index contributed by atoms with van der Waals surface area (Å²) in [6.45, 7) is 0. The van der Waals surface area contributed by atoms with Gasteiger partial charge in [0.1, 0.15) is 0 Å². The van der Waals surface area contributed by atoms with Gasteiger partial charge in [0.05, 0.1) is 23.9 Å². The quantitative estimate of drug-likeness (QED) is 0.681. The molecule has 0 fully saturated rings. The van der Waals surface area contributed by atoms with Gasteiger partial charge in [0, 0.05) is 23.8 Å². The number of hydrogen-bond acceptors (Lipinski definition) is 5. The van der Waals surface area contributed by atoms with Crippen LogP contribution in [0.15, 0.2) is 42.6 Å². The second kappa shape index (κ2) is 5.79. The first-order valence-electron chi connectivity index (χ1n) is 5.66. The highest BCUT2D eigenvalue weighted by Gasteiger charge is 2.09. The largest absolute Gasteiger partial charge is 0.481 e. The molecule has 2 aromatic rings. The third-order valence-electron chi connectivity index (χ3n) is 2.54. The highest BCUT2D eigenvalue weighted by molar-refractivity contribution is 6.04. The average Bonchev–Trinajstić information content (AvgIpc) is 2.48. The standard InChI is InChI=1S/C13H11N3O4/c1-20-12-7-4-10(8-14-12)15-13(17)9-2-5-11(6-3-9)16(18)19/h2-8H,1H3,(H,15,17). The van der Waals surface area contributed by atoms with E-state index in [1.165, 1.54) is 37.6 Å². The Morgan fingerprint density at radius 1 is 1.25 bits per heavy atom. The first-order chi connectivity index (χ1) is 9.60. The highest BCUT2D eigenvalue weighted by atomic mass is 16.6. The van der Waals surface area contributed by atoms with Crippen LogP contribution in [-0.4, -0.2) is 22.9 Å². The molecule has 0 spiro atoms. The summed E-state index contributed by atoms with van der Waals surface area (Å²) in [5.41, 5.74) is 0.772. The van der Waals surface area contributed by atoms with Crippen LogP contribution < -0.4 is 10.1 Å². The summed E-state index contributed by atoms with van der Waals surface area (Å²) < 4.78 is 4.91. The van der Waals surface area contributed by atoms with E-state index in [1.807, 2.05) is 0 Å². The molecule has 20 heavy (non-hydrogen) atoms. The number of non-ortho nitro benzene ring substituents is 1. The molecular formula is C13H11N3O4. The van der Waals surface area contributed by atoms with Gasteiger partial charge in [0.15, 0.2) is 0 Å². The molecule has 0 saturated heterocycles. The lowest BCUT2D eigenvalue weighted by atomic mass is 10.2. The van der Waals surface area contributed by atoms with Crippen LogP contribution in [0.2, 0.25) is 0 Å². The van der Waals surface area contributed by atoms with Gasteiger partial charge < -0.3 is 10.1 Å². The second-order valence-corrected chi connectivity index (χ2v) is 3.85. The van der Waals surface area contributed by atoms with E-state index < -0.39 is 4.92 Å². The third-order valence-corrected chi connectivity index (χ3v) is 2.54. The lowest BCUT2D eigenvalue weighted by molar-refractivity contribution is -0.384. The molecule has 1 N–H and O–H groups in total. The maximum atomic E-state index is 11.9. The molecule has 1 aromatic heterocycles. The van der Waals surface area contributed by atoms with Gasteiger partial charge in [-0.3, -0.25) is 14.9 Å². The first kappa shape index (κ1) is 13.5. The van der Waals surface area contributed by atoms with E-state index in [9.17, 15) is 14.9 Å². The maximum Gasteiger partial charge on any atom is 0.269 e. The monoisotopic (exact) mass is 273 g/mol. The minimum Gasteiger partial charge on any atom is -0.481 e. The van der Waals surface area contributed by atoms with E-state index in [1.54, 1.807) is 12.1 Å². The minimum absolute atomic E-state index is 0.0623. The number of carbonyl (C=O) groups excluding carboxylic acids is 1. The molecule has 0 bridgehead atoms. The normalized spacial score (nSPS) is 9.85. The average molecular weight is 273 g/mol. The van der Waals surface area contributed by atoms with Crippen LogP contribution >= 0.6 is 0 Å². The zero-order chi connectivity index (χ0) is 14.5. The van der Waals surface area contributed by atoms with Gasteiger partial charge in [-0.05, 0) is 18.2 Å². The fourth-order valence-electron chi connectivity index (χ4n) is 1.51. The van der Waals surface area contributed by atoms with Gasteiger partial charge in [-0.15, -0.1) is 0 Å². The fourth-order valence-corrected chi connectivity index (χ4v) is 1.51. The Balaban J connectivity index is 2.08.